The zero-order valence-electron chi connectivity index (χ0n) is 14.9. The van der Waals surface area contributed by atoms with Crippen molar-refractivity contribution in [1.29, 1.82) is 0 Å². The fourth-order valence-corrected chi connectivity index (χ4v) is 3.68. The lowest BCUT2D eigenvalue weighted by Gasteiger charge is -2.32. The minimum atomic E-state index is -0.286. The molecule has 2 aliphatic rings. The summed E-state index contributed by atoms with van der Waals surface area (Å²) in [5, 5.41) is 0. The number of carbonyl (C=O) groups is 2. The second-order valence-electron chi connectivity index (χ2n) is 7.00. The number of amides is 2. The highest BCUT2D eigenvalue weighted by Gasteiger charge is 2.37. The average molecular weight is 350 g/mol. The summed E-state index contributed by atoms with van der Waals surface area (Å²) in [6.07, 6.45) is 0.830. The maximum absolute atomic E-state index is 12.9. The molecule has 4 rings (SSSR count). The molecule has 0 radical (unpaired) electrons. The van der Waals surface area contributed by atoms with E-state index in [-0.39, 0.29) is 18.0 Å². The van der Waals surface area contributed by atoms with Crippen LogP contribution in [0.25, 0.3) is 0 Å². The number of aryl methyl sites for hydroxylation is 1. The molecule has 0 bridgehead atoms. The summed E-state index contributed by atoms with van der Waals surface area (Å²) in [6.45, 7) is 3.52. The molecule has 0 saturated carbocycles. The molecule has 2 heterocycles. The van der Waals surface area contributed by atoms with Crippen LogP contribution in [-0.4, -0.2) is 36.1 Å². The van der Waals surface area contributed by atoms with Gasteiger partial charge in [0.25, 0.3) is 0 Å². The third-order valence-corrected chi connectivity index (χ3v) is 5.11. The molecule has 0 aliphatic carbocycles. The zero-order chi connectivity index (χ0) is 18.1. The topological polar surface area (TPSA) is 49.9 Å². The number of hydrogen-bond donors (Lipinski definition) is 0. The molecule has 5 heteroatoms. The molecule has 1 atom stereocenters. The van der Waals surface area contributed by atoms with Crippen molar-refractivity contribution in [3.8, 4) is 0 Å². The molecule has 0 unspecified atom stereocenters. The molecule has 2 aromatic rings. The average Bonchev–Trinajstić information content (AvgIpc) is 2.98. The normalized spacial score (nSPS) is 19.3. The number of benzene rings is 2. The third-order valence-electron chi connectivity index (χ3n) is 5.11. The van der Waals surface area contributed by atoms with E-state index in [0.29, 0.717) is 26.1 Å². The van der Waals surface area contributed by atoms with Gasteiger partial charge in [-0.1, -0.05) is 42.5 Å². The first-order valence-electron chi connectivity index (χ1n) is 8.99. The second kappa shape index (κ2) is 6.83. The van der Waals surface area contributed by atoms with Gasteiger partial charge in [-0.25, -0.2) is 4.79 Å². The van der Waals surface area contributed by atoms with Gasteiger partial charge in [-0.2, -0.15) is 0 Å². The Balaban J connectivity index is 1.63. The van der Waals surface area contributed by atoms with Crippen LogP contribution in [-0.2, 0) is 22.5 Å². The van der Waals surface area contributed by atoms with E-state index in [4.69, 9.17) is 4.74 Å². The number of cyclic esters (lactones) is 1. The smallest absolute Gasteiger partial charge is 0.414 e. The predicted octanol–water partition coefficient (Wildman–Crippen LogP) is 3.30. The number of anilines is 1. The number of rotatable bonds is 2. The molecule has 0 aromatic heterocycles. The molecule has 1 saturated heterocycles. The van der Waals surface area contributed by atoms with Crippen molar-refractivity contribution in [2.24, 2.45) is 0 Å². The Kier molecular flexibility index (Phi) is 4.37. The summed E-state index contributed by atoms with van der Waals surface area (Å²) in [5.74, 6) is 0.112. The SMILES string of the molecule is Cc1ccc2c(c1)N1C(=O)OC[C@@H]1CCN(C(=O)Cc1ccccc1)C2. The monoisotopic (exact) mass is 350 g/mol. The van der Waals surface area contributed by atoms with Gasteiger partial charge in [-0.3, -0.25) is 9.69 Å². The summed E-state index contributed by atoms with van der Waals surface area (Å²) < 4.78 is 5.28. The van der Waals surface area contributed by atoms with Crippen molar-refractivity contribution in [1.82, 2.24) is 4.90 Å². The summed E-state index contributed by atoms with van der Waals surface area (Å²) >= 11 is 0. The Labute approximate surface area is 153 Å². The standard InChI is InChI=1S/C21H22N2O3/c1-15-7-8-17-13-22(20(24)12-16-5-3-2-4-6-16)10-9-18-14-26-21(25)23(18)19(17)11-15/h2-8,11,18H,9-10,12-14H2,1H3/t18-/m0/s1. The molecule has 2 aromatic carbocycles. The lowest BCUT2D eigenvalue weighted by Crippen LogP contribution is -2.42. The Morgan fingerprint density at radius 2 is 2.00 bits per heavy atom. The van der Waals surface area contributed by atoms with Gasteiger partial charge in [0.05, 0.1) is 18.2 Å². The molecule has 26 heavy (non-hydrogen) atoms. The molecule has 134 valence electrons. The Bertz CT molecular complexity index is 834. The number of hydrogen-bond acceptors (Lipinski definition) is 3. The Morgan fingerprint density at radius 3 is 2.81 bits per heavy atom. The van der Waals surface area contributed by atoms with Crippen molar-refractivity contribution < 1.29 is 14.3 Å². The van der Waals surface area contributed by atoms with Gasteiger partial charge in [0.1, 0.15) is 6.61 Å². The van der Waals surface area contributed by atoms with Crippen molar-refractivity contribution in [3.63, 3.8) is 0 Å². The van der Waals surface area contributed by atoms with Crippen LogP contribution in [0.5, 0.6) is 0 Å². The molecule has 1 fully saturated rings. The number of carbonyl (C=O) groups excluding carboxylic acids is 2. The van der Waals surface area contributed by atoms with Crippen LogP contribution in [0, 0.1) is 6.92 Å². The maximum atomic E-state index is 12.9. The lowest BCUT2D eigenvalue weighted by molar-refractivity contribution is -0.131. The first-order valence-corrected chi connectivity index (χ1v) is 8.99. The van der Waals surface area contributed by atoms with E-state index in [2.05, 4.69) is 0 Å². The van der Waals surface area contributed by atoms with Crippen LogP contribution in [0.4, 0.5) is 10.5 Å². The van der Waals surface area contributed by atoms with Gasteiger partial charge in [-0.15, -0.1) is 0 Å². The lowest BCUT2D eigenvalue weighted by atomic mass is 10.0. The first-order chi connectivity index (χ1) is 12.6. The van der Waals surface area contributed by atoms with Gasteiger partial charge >= 0.3 is 6.09 Å². The second-order valence-corrected chi connectivity index (χ2v) is 7.00. The van der Waals surface area contributed by atoms with Crippen LogP contribution in [0.2, 0.25) is 0 Å². The van der Waals surface area contributed by atoms with E-state index in [1.807, 2.05) is 60.4 Å². The van der Waals surface area contributed by atoms with Crippen molar-refractivity contribution in [3.05, 3.63) is 65.2 Å². The van der Waals surface area contributed by atoms with Gasteiger partial charge in [-0.05, 0) is 36.1 Å². The Morgan fingerprint density at radius 1 is 1.19 bits per heavy atom. The number of fused-ring (bicyclic) bond motifs is 3. The van der Waals surface area contributed by atoms with E-state index >= 15 is 0 Å². The minimum absolute atomic E-state index is 0.0182. The Hall–Kier alpha value is -2.82. The largest absolute Gasteiger partial charge is 0.447 e. The number of nitrogens with zero attached hydrogens (tertiary/aromatic N) is 2. The molecular formula is C21H22N2O3. The van der Waals surface area contributed by atoms with Gasteiger partial charge in [0.15, 0.2) is 0 Å². The minimum Gasteiger partial charge on any atom is -0.447 e. The van der Waals surface area contributed by atoms with Gasteiger partial charge in [0.2, 0.25) is 5.91 Å². The molecular weight excluding hydrogens is 328 g/mol. The first kappa shape index (κ1) is 16.6. The molecule has 2 amide bonds. The zero-order valence-corrected chi connectivity index (χ0v) is 14.9. The quantitative estimate of drug-likeness (QED) is 0.835. The van der Waals surface area contributed by atoms with E-state index in [1.54, 1.807) is 4.90 Å². The molecule has 0 spiro atoms. The summed E-state index contributed by atoms with van der Waals surface area (Å²) in [5.41, 5.74) is 3.96. The molecule has 0 N–H and O–H groups in total. The number of ether oxygens (including phenoxy) is 1. The highest BCUT2D eigenvalue weighted by Crippen LogP contribution is 2.32. The summed E-state index contributed by atoms with van der Waals surface area (Å²) in [7, 11) is 0. The van der Waals surface area contributed by atoms with Crippen LogP contribution < -0.4 is 4.90 Å². The van der Waals surface area contributed by atoms with E-state index < -0.39 is 0 Å². The van der Waals surface area contributed by atoms with Gasteiger partial charge < -0.3 is 9.64 Å². The highest BCUT2D eigenvalue weighted by atomic mass is 16.6. The van der Waals surface area contributed by atoms with Gasteiger partial charge in [0, 0.05) is 13.1 Å². The summed E-state index contributed by atoms with van der Waals surface area (Å²) in [4.78, 5) is 28.8. The third kappa shape index (κ3) is 3.17. The predicted molar refractivity (Wildman–Crippen MR) is 99.0 cm³/mol. The molecule has 5 nitrogen and oxygen atoms in total. The van der Waals surface area contributed by atoms with Crippen molar-refractivity contribution >= 4 is 17.7 Å². The summed E-state index contributed by atoms with van der Waals surface area (Å²) in [6, 6.07) is 15.8. The van der Waals surface area contributed by atoms with Crippen LogP contribution in [0.1, 0.15) is 23.1 Å². The fourth-order valence-electron chi connectivity index (χ4n) is 3.68. The van der Waals surface area contributed by atoms with E-state index in [0.717, 1.165) is 28.8 Å². The highest BCUT2D eigenvalue weighted by molar-refractivity contribution is 5.91. The van der Waals surface area contributed by atoms with Crippen molar-refractivity contribution in [2.75, 3.05) is 18.1 Å². The molecule has 2 aliphatic heterocycles. The maximum Gasteiger partial charge on any atom is 0.414 e. The van der Waals surface area contributed by atoms with E-state index in [1.165, 1.54) is 0 Å². The van der Waals surface area contributed by atoms with E-state index in [9.17, 15) is 9.59 Å². The van der Waals surface area contributed by atoms with Crippen LogP contribution >= 0.6 is 0 Å². The van der Waals surface area contributed by atoms with Crippen LogP contribution in [0.15, 0.2) is 48.5 Å². The van der Waals surface area contributed by atoms with Crippen molar-refractivity contribution in [2.45, 2.75) is 32.4 Å². The van der Waals surface area contributed by atoms with Crippen LogP contribution in [0.3, 0.4) is 0 Å². The fraction of sp³-hybridized carbons (Fsp3) is 0.333.